The lowest BCUT2D eigenvalue weighted by molar-refractivity contribution is -0.143. The molecule has 2 heterocycles. The Bertz CT molecular complexity index is 1420. The first-order valence-electron chi connectivity index (χ1n) is 10.7. The van der Waals surface area contributed by atoms with Crippen LogP contribution in [0.4, 0.5) is 5.69 Å². The fourth-order valence-electron chi connectivity index (χ4n) is 4.00. The molecule has 1 aromatic heterocycles. The van der Waals surface area contributed by atoms with E-state index in [4.69, 9.17) is 14.6 Å². The van der Waals surface area contributed by atoms with Crippen molar-refractivity contribution in [3.05, 3.63) is 53.7 Å². The molecule has 0 atom stereocenters. The molecule has 3 N–H and O–H groups in total. The van der Waals surface area contributed by atoms with E-state index >= 15 is 0 Å². The average Bonchev–Trinajstić information content (AvgIpc) is 3.29. The van der Waals surface area contributed by atoms with E-state index in [9.17, 15) is 18.0 Å². The van der Waals surface area contributed by atoms with E-state index < -0.39 is 10.0 Å². The zero-order valence-electron chi connectivity index (χ0n) is 18.8. The Labute approximate surface area is 197 Å². The van der Waals surface area contributed by atoms with Crippen molar-refractivity contribution in [1.29, 1.82) is 0 Å². The summed E-state index contributed by atoms with van der Waals surface area (Å²) in [7, 11) is -2.35. The molecule has 0 fully saturated rings. The summed E-state index contributed by atoms with van der Waals surface area (Å²) >= 11 is 0. The van der Waals surface area contributed by atoms with Gasteiger partial charge in [0.1, 0.15) is 5.75 Å². The number of fused-ring (bicyclic) bond motifs is 2. The maximum Gasteiger partial charge on any atom is 0.305 e. The number of esters is 1. The number of hydrogen-bond donors (Lipinski definition) is 2. The molecule has 1 aliphatic rings. The Morgan fingerprint density at radius 1 is 1.21 bits per heavy atom. The van der Waals surface area contributed by atoms with Crippen molar-refractivity contribution in [3.8, 4) is 5.75 Å². The second-order valence-corrected chi connectivity index (χ2v) is 9.40. The minimum atomic E-state index is -3.92. The molecule has 34 heavy (non-hydrogen) atoms. The molecule has 4 rings (SSSR count). The zero-order valence-corrected chi connectivity index (χ0v) is 19.6. The molecule has 178 valence electrons. The minimum Gasteiger partial charge on any atom is -0.497 e. The Balaban J connectivity index is 1.76. The second kappa shape index (κ2) is 9.32. The lowest BCUT2D eigenvalue weighted by Gasteiger charge is -2.06. The molecule has 0 spiro atoms. The fourth-order valence-corrected chi connectivity index (χ4v) is 4.54. The van der Waals surface area contributed by atoms with E-state index in [0.717, 1.165) is 16.5 Å². The second-order valence-electron chi connectivity index (χ2n) is 7.83. The number of aryl methyl sites for hydroxylation is 1. The molecule has 1 aliphatic heterocycles. The number of anilines is 1. The lowest BCUT2D eigenvalue weighted by atomic mass is 10.0. The van der Waals surface area contributed by atoms with Gasteiger partial charge in [0.2, 0.25) is 10.0 Å². The Morgan fingerprint density at radius 3 is 2.71 bits per heavy atom. The maximum absolute atomic E-state index is 12.7. The molecule has 0 bridgehead atoms. The SMILES string of the molecule is CCOC(=O)CCCn1cc(/C=C2\C(=O)Nc3ccc(S(N)(=O)=O)cc32)c2cc(OC)ccc21. The number of ether oxygens (including phenoxy) is 2. The summed E-state index contributed by atoms with van der Waals surface area (Å²) in [5, 5.41) is 8.89. The van der Waals surface area contributed by atoms with Gasteiger partial charge >= 0.3 is 5.97 Å². The van der Waals surface area contributed by atoms with E-state index in [1.807, 2.05) is 29.0 Å². The predicted octanol–water partition coefficient (Wildman–Crippen LogP) is 3.13. The Hall–Kier alpha value is -3.63. The Morgan fingerprint density at radius 2 is 2.00 bits per heavy atom. The number of sulfonamides is 1. The number of nitrogens with two attached hydrogens (primary N) is 1. The predicted molar refractivity (Wildman–Crippen MR) is 129 cm³/mol. The highest BCUT2D eigenvalue weighted by Crippen LogP contribution is 2.36. The first kappa shape index (κ1) is 23.5. The van der Waals surface area contributed by atoms with Crippen LogP contribution in [0.5, 0.6) is 5.75 Å². The standard InChI is InChI=1S/C24H25N3O6S/c1-3-33-23(28)5-4-10-27-14-15(18-12-16(32-2)6-9-22(18)27)11-20-19-13-17(34(25,30)31)7-8-21(19)26-24(20)29/h6-9,11-14H,3-5,10H2,1-2H3,(H,26,29)(H2,25,30,31)/b20-11-. The number of nitrogens with one attached hydrogen (secondary N) is 1. The number of rotatable bonds is 8. The van der Waals surface area contributed by atoms with Crippen molar-refractivity contribution in [2.45, 2.75) is 31.2 Å². The first-order chi connectivity index (χ1) is 16.2. The van der Waals surface area contributed by atoms with Gasteiger partial charge in [-0.05, 0) is 55.8 Å². The fraction of sp³-hybridized carbons (Fsp3) is 0.250. The van der Waals surface area contributed by atoms with Gasteiger partial charge in [-0.1, -0.05) is 0 Å². The smallest absolute Gasteiger partial charge is 0.305 e. The number of amides is 1. The van der Waals surface area contributed by atoms with Gasteiger partial charge in [0.05, 0.1) is 18.6 Å². The van der Waals surface area contributed by atoms with Crippen molar-refractivity contribution >= 4 is 50.1 Å². The normalized spacial score (nSPS) is 14.3. The van der Waals surface area contributed by atoms with Gasteiger partial charge in [0.25, 0.3) is 5.91 Å². The molecule has 1 amide bonds. The van der Waals surface area contributed by atoms with Gasteiger partial charge in [0.15, 0.2) is 0 Å². The van der Waals surface area contributed by atoms with Crippen LogP contribution < -0.4 is 15.2 Å². The molecule has 0 aliphatic carbocycles. The lowest BCUT2D eigenvalue weighted by Crippen LogP contribution is -2.12. The molecule has 10 heteroatoms. The zero-order chi connectivity index (χ0) is 24.5. The van der Waals surface area contributed by atoms with Crippen molar-refractivity contribution in [1.82, 2.24) is 4.57 Å². The summed E-state index contributed by atoms with van der Waals surface area (Å²) in [4.78, 5) is 24.4. The highest BCUT2D eigenvalue weighted by Gasteiger charge is 2.26. The molecule has 0 saturated carbocycles. The van der Waals surface area contributed by atoms with Crippen LogP contribution in [-0.2, 0) is 30.9 Å². The number of benzene rings is 2. The minimum absolute atomic E-state index is 0.0725. The number of aromatic nitrogens is 1. The molecule has 0 unspecified atom stereocenters. The van der Waals surface area contributed by atoms with Crippen LogP contribution in [0.15, 0.2) is 47.5 Å². The van der Waals surface area contributed by atoms with E-state index in [0.29, 0.717) is 48.6 Å². The van der Waals surface area contributed by atoms with Crippen LogP contribution in [0, 0.1) is 0 Å². The number of carbonyl (C=O) groups excluding carboxylic acids is 2. The number of methoxy groups -OCH3 is 1. The highest BCUT2D eigenvalue weighted by atomic mass is 32.2. The van der Waals surface area contributed by atoms with E-state index in [1.54, 1.807) is 20.1 Å². The van der Waals surface area contributed by atoms with Crippen molar-refractivity contribution < 1.29 is 27.5 Å². The van der Waals surface area contributed by atoms with Gasteiger partial charge in [0, 0.05) is 52.5 Å². The van der Waals surface area contributed by atoms with Gasteiger partial charge in [-0.3, -0.25) is 9.59 Å². The third kappa shape index (κ3) is 4.68. The highest BCUT2D eigenvalue weighted by molar-refractivity contribution is 7.89. The van der Waals surface area contributed by atoms with Crippen molar-refractivity contribution in [2.75, 3.05) is 19.0 Å². The molecule has 3 aromatic rings. The van der Waals surface area contributed by atoms with Crippen LogP contribution >= 0.6 is 0 Å². The molecule has 2 aromatic carbocycles. The average molecular weight is 484 g/mol. The third-order valence-corrected chi connectivity index (χ3v) is 6.52. The summed E-state index contributed by atoms with van der Waals surface area (Å²) < 4.78 is 36.0. The number of carbonyl (C=O) groups is 2. The monoisotopic (exact) mass is 483 g/mol. The summed E-state index contributed by atoms with van der Waals surface area (Å²) in [5.74, 6) is 0.0738. The van der Waals surface area contributed by atoms with Gasteiger partial charge in [-0.2, -0.15) is 0 Å². The molecule has 0 saturated heterocycles. The topological polar surface area (TPSA) is 130 Å². The van der Waals surface area contributed by atoms with Crippen LogP contribution in [-0.4, -0.2) is 38.6 Å². The van der Waals surface area contributed by atoms with Crippen LogP contribution in [0.3, 0.4) is 0 Å². The molecule has 0 radical (unpaired) electrons. The summed E-state index contributed by atoms with van der Waals surface area (Å²) in [6.07, 6.45) is 4.51. The third-order valence-electron chi connectivity index (χ3n) is 5.61. The van der Waals surface area contributed by atoms with Crippen LogP contribution in [0.2, 0.25) is 0 Å². The van der Waals surface area contributed by atoms with Crippen LogP contribution in [0.1, 0.15) is 30.9 Å². The van der Waals surface area contributed by atoms with E-state index in [-0.39, 0.29) is 16.8 Å². The van der Waals surface area contributed by atoms with Gasteiger partial charge in [-0.25, -0.2) is 13.6 Å². The quantitative estimate of drug-likeness (QED) is 0.374. The number of primary sulfonamides is 1. The van der Waals surface area contributed by atoms with E-state index in [2.05, 4.69) is 5.32 Å². The maximum atomic E-state index is 12.7. The van der Waals surface area contributed by atoms with Gasteiger partial charge < -0.3 is 19.4 Å². The largest absolute Gasteiger partial charge is 0.497 e. The first-order valence-corrected chi connectivity index (χ1v) is 12.3. The van der Waals surface area contributed by atoms with E-state index in [1.165, 1.54) is 18.2 Å². The van der Waals surface area contributed by atoms with Gasteiger partial charge in [-0.15, -0.1) is 0 Å². The summed E-state index contributed by atoms with van der Waals surface area (Å²) in [6, 6.07) is 9.91. The van der Waals surface area contributed by atoms with Crippen LogP contribution in [0.25, 0.3) is 22.6 Å². The van der Waals surface area contributed by atoms with Crippen molar-refractivity contribution in [2.24, 2.45) is 5.14 Å². The molecular weight excluding hydrogens is 458 g/mol. The number of hydrogen-bond acceptors (Lipinski definition) is 6. The Kier molecular flexibility index (Phi) is 6.45. The summed E-state index contributed by atoms with van der Waals surface area (Å²) in [6.45, 7) is 2.69. The molecular formula is C24H25N3O6S. The number of nitrogens with zero attached hydrogens (tertiary/aromatic N) is 1. The van der Waals surface area contributed by atoms with Crippen molar-refractivity contribution in [3.63, 3.8) is 0 Å². The summed E-state index contributed by atoms with van der Waals surface area (Å²) in [5.41, 5.74) is 2.97. The molecule has 9 nitrogen and oxygen atoms in total.